The SMILES string of the molecule is Cc1ccc(C(=O)Nc2ccc3nc(SCc4ccccn4)sc3c2)cc1. The normalized spacial score (nSPS) is 10.9. The molecule has 134 valence electrons. The first kappa shape index (κ1) is 17.7. The topological polar surface area (TPSA) is 54.9 Å². The number of thiazole rings is 1. The highest BCUT2D eigenvalue weighted by Gasteiger charge is 2.09. The first-order valence-electron chi connectivity index (χ1n) is 8.49. The standard InChI is InChI=1S/C21H17N3OS2/c1-14-5-7-15(8-6-14)20(25)23-16-9-10-18-19(12-16)27-21(24-18)26-13-17-4-2-3-11-22-17/h2-12H,13H2,1H3,(H,23,25). The van der Waals surface area contributed by atoms with Crippen molar-refractivity contribution in [2.75, 3.05) is 5.32 Å². The molecule has 0 saturated carbocycles. The van der Waals surface area contributed by atoms with Crippen LogP contribution in [0.15, 0.2) is 71.2 Å². The number of hydrogen-bond donors (Lipinski definition) is 1. The minimum Gasteiger partial charge on any atom is -0.322 e. The van der Waals surface area contributed by atoms with Crippen molar-refractivity contribution in [1.29, 1.82) is 0 Å². The molecule has 2 aromatic heterocycles. The molecule has 27 heavy (non-hydrogen) atoms. The lowest BCUT2D eigenvalue weighted by Gasteiger charge is -2.05. The van der Waals surface area contributed by atoms with E-state index >= 15 is 0 Å². The molecule has 0 bridgehead atoms. The summed E-state index contributed by atoms with van der Waals surface area (Å²) in [5.74, 6) is 0.682. The van der Waals surface area contributed by atoms with Gasteiger partial charge in [-0.05, 0) is 49.4 Å². The van der Waals surface area contributed by atoms with Crippen molar-refractivity contribution in [2.45, 2.75) is 17.0 Å². The number of nitrogens with one attached hydrogen (secondary N) is 1. The third kappa shape index (κ3) is 4.35. The van der Waals surface area contributed by atoms with E-state index in [9.17, 15) is 4.79 Å². The summed E-state index contributed by atoms with van der Waals surface area (Å²) in [6.07, 6.45) is 1.80. The molecule has 1 N–H and O–H groups in total. The zero-order valence-electron chi connectivity index (χ0n) is 14.7. The largest absolute Gasteiger partial charge is 0.322 e. The second kappa shape index (κ2) is 7.90. The molecule has 4 rings (SSSR count). The summed E-state index contributed by atoms with van der Waals surface area (Å²) in [5.41, 5.74) is 4.53. The molecule has 2 aromatic carbocycles. The number of hydrogen-bond acceptors (Lipinski definition) is 5. The molecule has 0 aliphatic heterocycles. The van der Waals surface area contributed by atoms with Crippen LogP contribution in [0.2, 0.25) is 0 Å². The van der Waals surface area contributed by atoms with Crippen LogP contribution < -0.4 is 5.32 Å². The molecule has 0 atom stereocenters. The van der Waals surface area contributed by atoms with E-state index in [4.69, 9.17) is 0 Å². The molecule has 0 radical (unpaired) electrons. The minimum atomic E-state index is -0.108. The number of carbonyl (C=O) groups excluding carboxylic acids is 1. The highest BCUT2D eigenvalue weighted by molar-refractivity contribution is 8.00. The zero-order chi connectivity index (χ0) is 18.6. The van der Waals surface area contributed by atoms with Crippen molar-refractivity contribution in [3.05, 3.63) is 83.7 Å². The monoisotopic (exact) mass is 391 g/mol. The number of thioether (sulfide) groups is 1. The molecule has 0 unspecified atom stereocenters. The first-order chi connectivity index (χ1) is 13.2. The Morgan fingerprint density at radius 1 is 1.11 bits per heavy atom. The van der Waals surface area contributed by atoms with Gasteiger partial charge in [0.1, 0.15) is 0 Å². The molecule has 1 amide bonds. The minimum absolute atomic E-state index is 0.108. The number of benzene rings is 2. The summed E-state index contributed by atoms with van der Waals surface area (Å²) in [6, 6.07) is 19.3. The van der Waals surface area contributed by atoms with Gasteiger partial charge in [0.25, 0.3) is 5.91 Å². The van der Waals surface area contributed by atoms with Gasteiger partial charge in [0.2, 0.25) is 0 Å². The van der Waals surface area contributed by atoms with Crippen molar-refractivity contribution in [2.24, 2.45) is 0 Å². The van der Waals surface area contributed by atoms with E-state index in [0.29, 0.717) is 5.56 Å². The molecule has 6 heteroatoms. The Labute approximate surface area is 165 Å². The van der Waals surface area contributed by atoms with Crippen molar-refractivity contribution in [3.8, 4) is 0 Å². The van der Waals surface area contributed by atoms with E-state index in [0.717, 1.165) is 37.3 Å². The summed E-state index contributed by atoms with van der Waals surface area (Å²) >= 11 is 3.30. The Morgan fingerprint density at radius 3 is 2.74 bits per heavy atom. The van der Waals surface area contributed by atoms with E-state index in [2.05, 4.69) is 15.3 Å². The van der Waals surface area contributed by atoms with Crippen LogP contribution in [0.25, 0.3) is 10.2 Å². The summed E-state index contributed by atoms with van der Waals surface area (Å²) < 4.78 is 2.05. The fourth-order valence-electron chi connectivity index (χ4n) is 2.57. The molecule has 4 aromatic rings. The average molecular weight is 392 g/mol. The van der Waals surface area contributed by atoms with Gasteiger partial charge < -0.3 is 5.32 Å². The number of fused-ring (bicyclic) bond motifs is 1. The Bertz CT molecular complexity index is 1080. The van der Waals surface area contributed by atoms with Gasteiger partial charge in [-0.2, -0.15) is 0 Å². The van der Waals surface area contributed by atoms with Gasteiger partial charge in [0.05, 0.1) is 15.9 Å². The average Bonchev–Trinajstić information content (AvgIpc) is 3.10. The molecule has 0 spiro atoms. The maximum atomic E-state index is 12.4. The smallest absolute Gasteiger partial charge is 0.255 e. The first-order valence-corrected chi connectivity index (χ1v) is 10.3. The van der Waals surface area contributed by atoms with Gasteiger partial charge in [-0.1, -0.05) is 35.5 Å². The van der Waals surface area contributed by atoms with Crippen LogP contribution in [0.3, 0.4) is 0 Å². The lowest BCUT2D eigenvalue weighted by atomic mass is 10.1. The fraction of sp³-hybridized carbons (Fsp3) is 0.0952. The Hall–Kier alpha value is -2.70. The van der Waals surface area contributed by atoms with E-state index in [-0.39, 0.29) is 5.91 Å². The Kier molecular flexibility index (Phi) is 5.18. The van der Waals surface area contributed by atoms with E-state index < -0.39 is 0 Å². The number of amides is 1. The predicted octanol–water partition coefficient (Wildman–Crippen LogP) is 5.54. The molecular formula is C21H17N3OS2. The molecule has 4 nitrogen and oxygen atoms in total. The number of nitrogens with zero attached hydrogens (tertiary/aromatic N) is 2. The highest BCUT2D eigenvalue weighted by atomic mass is 32.2. The number of rotatable bonds is 5. The van der Waals surface area contributed by atoms with Crippen LogP contribution in [-0.2, 0) is 5.75 Å². The highest BCUT2D eigenvalue weighted by Crippen LogP contribution is 2.32. The third-order valence-electron chi connectivity index (χ3n) is 4.01. The molecule has 0 saturated heterocycles. The lowest BCUT2D eigenvalue weighted by Crippen LogP contribution is -2.11. The molecule has 2 heterocycles. The Morgan fingerprint density at radius 2 is 1.96 bits per heavy atom. The maximum Gasteiger partial charge on any atom is 0.255 e. The Balaban J connectivity index is 1.47. The number of pyridine rings is 1. The fourth-order valence-corrected chi connectivity index (χ4v) is 4.59. The summed E-state index contributed by atoms with van der Waals surface area (Å²) in [6.45, 7) is 2.00. The maximum absolute atomic E-state index is 12.4. The molecule has 0 aliphatic carbocycles. The van der Waals surface area contributed by atoms with Crippen molar-refractivity contribution >= 4 is 44.9 Å². The van der Waals surface area contributed by atoms with Gasteiger partial charge in [-0.25, -0.2) is 4.98 Å². The predicted molar refractivity (Wildman–Crippen MR) is 113 cm³/mol. The van der Waals surface area contributed by atoms with Gasteiger partial charge in [-0.3, -0.25) is 9.78 Å². The van der Waals surface area contributed by atoms with Crippen LogP contribution in [0.1, 0.15) is 21.6 Å². The van der Waals surface area contributed by atoms with E-state index in [1.807, 2.05) is 67.6 Å². The van der Waals surface area contributed by atoms with Crippen LogP contribution >= 0.6 is 23.1 Å². The van der Waals surface area contributed by atoms with Gasteiger partial charge in [0.15, 0.2) is 4.34 Å². The summed E-state index contributed by atoms with van der Waals surface area (Å²) in [4.78, 5) is 21.4. The van der Waals surface area contributed by atoms with Gasteiger partial charge in [0, 0.05) is 23.2 Å². The number of carbonyl (C=O) groups is 1. The second-order valence-corrected chi connectivity index (χ2v) is 8.35. The van der Waals surface area contributed by atoms with Gasteiger partial charge in [-0.15, -0.1) is 11.3 Å². The molecular weight excluding hydrogens is 374 g/mol. The van der Waals surface area contributed by atoms with E-state index in [1.54, 1.807) is 29.3 Å². The number of aromatic nitrogens is 2. The van der Waals surface area contributed by atoms with Crippen molar-refractivity contribution < 1.29 is 4.79 Å². The van der Waals surface area contributed by atoms with Crippen LogP contribution in [0, 0.1) is 6.92 Å². The zero-order valence-corrected chi connectivity index (χ0v) is 16.3. The number of anilines is 1. The van der Waals surface area contributed by atoms with Crippen LogP contribution in [0.4, 0.5) is 5.69 Å². The second-order valence-electron chi connectivity index (χ2n) is 6.09. The van der Waals surface area contributed by atoms with Crippen molar-refractivity contribution in [3.63, 3.8) is 0 Å². The summed E-state index contributed by atoms with van der Waals surface area (Å²) in [7, 11) is 0. The van der Waals surface area contributed by atoms with Crippen LogP contribution in [0.5, 0.6) is 0 Å². The van der Waals surface area contributed by atoms with E-state index in [1.165, 1.54) is 0 Å². The van der Waals surface area contributed by atoms with Crippen molar-refractivity contribution in [1.82, 2.24) is 9.97 Å². The van der Waals surface area contributed by atoms with Gasteiger partial charge >= 0.3 is 0 Å². The molecule has 0 aliphatic rings. The summed E-state index contributed by atoms with van der Waals surface area (Å²) in [5, 5.41) is 2.96. The lowest BCUT2D eigenvalue weighted by molar-refractivity contribution is 0.102. The quantitative estimate of drug-likeness (QED) is 0.454. The number of aryl methyl sites for hydroxylation is 1. The molecule has 0 fully saturated rings. The third-order valence-corrected chi connectivity index (χ3v) is 6.20. The van der Waals surface area contributed by atoms with Crippen LogP contribution in [-0.4, -0.2) is 15.9 Å².